The molecule has 0 bridgehead atoms. The highest BCUT2D eigenvalue weighted by atomic mass is 32.2. The van der Waals surface area contributed by atoms with E-state index in [4.69, 9.17) is 0 Å². The van der Waals surface area contributed by atoms with Crippen LogP contribution in [0.3, 0.4) is 0 Å². The molecule has 0 N–H and O–H groups in total. The van der Waals surface area contributed by atoms with Crippen LogP contribution in [0, 0.1) is 0 Å². The largest absolute Gasteiger partial charge is 0.350 e. The smallest absolute Gasteiger partial charge is 0.158 e. The van der Waals surface area contributed by atoms with Gasteiger partial charge in [-0.15, -0.1) is 0 Å². The Kier molecular flexibility index (Phi) is 4.80. The minimum Gasteiger partial charge on any atom is -0.350 e. The Hall–Kier alpha value is -1.55. The van der Waals surface area contributed by atoms with E-state index in [2.05, 4.69) is 47.2 Å². The SMILES string of the molecule is CCN=C(SC)N(C)Cc1cnc2ccccc2c1. The Balaban J connectivity index is 2.19. The first kappa shape index (κ1) is 13.9. The van der Waals surface area contributed by atoms with Crippen LogP contribution in [0.4, 0.5) is 0 Å². The summed E-state index contributed by atoms with van der Waals surface area (Å²) in [6, 6.07) is 10.4. The molecule has 1 aromatic heterocycles. The van der Waals surface area contributed by atoms with E-state index in [-0.39, 0.29) is 0 Å². The van der Waals surface area contributed by atoms with Gasteiger partial charge < -0.3 is 4.90 Å². The van der Waals surface area contributed by atoms with Gasteiger partial charge in [-0.25, -0.2) is 0 Å². The molecule has 2 rings (SSSR count). The molecule has 1 heterocycles. The molecule has 0 fully saturated rings. The van der Waals surface area contributed by atoms with Gasteiger partial charge in [0, 0.05) is 31.7 Å². The Morgan fingerprint density at radius 1 is 1.37 bits per heavy atom. The monoisotopic (exact) mass is 273 g/mol. The van der Waals surface area contributed by atoms with Gasteiger partial charge >= 0.3 is 0 Å². The zero-order valence-corrected chi connectivity index (χ0v) is 12.4. The molecule has 4 heteroatoms. The predicted octanol–water partition coefficient (Wildman–Crippen LogP) is 3.41. The highest BCUT2D eigenvalue weighted by molar-refractivity contribution is 8.13. The van der Waals surface area contributed by atoms with Crippen LogP contribution in [-0.2, 0) is 6.54 Å². The molecule has 0 saturated carbocycles. The lowest BCUT2D eigenvalue weighted by Gasteiger charge is -2.19. The molecule has 2 aromatic rings. The minimum absolute atomic E-state index is 0.816. The summed E-state index contributed by atoms with van der Waals surface area (Å²) in [7, 11) is 2.07. The molecular formula is C15H19N3S. The lowest BCUT2D eigenvalue weighted by molar-refractivity contribution is 0.508. The van der Waals surface area contributed by atoms with Gasteiger partial charge in [0.2, 0.25) is 0 Å². The summed E-state index contributed by atoms with van der Waals surface area (Å²) in [5, 5.41) is 2.25. The maximum absolute atomic E-state index is 4.49. The van der Waals surface area contributed by atoms with E-state index < -0.39 is 0 Å². The molecule has 0 spiro atoms. The molecule has 100 valence electrons. The number of para-hydroxylation sites is 1. The first-order valence-electron chi connectivity index (χ1n) is 6.38. The van der Waals surface area contributed by atoms with Gasteiger partial charge in [0.15, 0.2) is 5.17 Å². The zero-order valence-electron chi connectivity index (χ0n) is 11.6. The molecule has 0 aliphatic rings. The van der Waals surface area contributed by atoms with Crippen molar-refractivity contribution in [2.24, 2.45) is 4.99 Å². The Bertz CT molecular complexity index is 580. The molecule has 0 saturated heterocycles. The topological polar surface area (TPSA) is 28.5 Å². The number of nitrogens with zero attached hydrogens (tertiary/aromatic N) is 3. The van der Waals surface area contributed by atoms with Crippen molar-refractivity contribution in [3.63, 3.8) is 0 Å². The normalized spacial score (nSPS) is 11.8. The second kappa shape index (κ2) is 6.57. The number of thioether (sulfide) groups is 1. The van der Waals surface area contributed by atoms with Crippen LogP contribution in [-0.4, -0.2) is 34.9 Å². The van der Waals surface area contributed by atoms with E-state index in [1.807, 2.05) is 24.4 Å². The van der Waals surface area contributed by atoms with E-state index in [1.165, 1.54) is 10.9 Å². The van der Waals surface area contributed by atoms with Gasteiger partial charge in [0.1, 0.15) is 0 Å². The van der Waals surface area contributed by atoms with Crippen molar-refractivity contribution < 1.29 is 0 Å². The standard InChI is InChI=1S/C15H19N3S/c1-4-16-15(19-3)18(2)11-12-9-13-7-5-6-8-14(13)17-10-12/h5-10H,4,11H2,1-3H3. The number of amidine groups is 1. The third kappa shape index (κ3) is 3.47. The summed E-state index contributed by atoms with van der Waals surface area (Å²) in [4.78, 5) is 11.1. The number of aromatic nitrogens is 1. The lowest BCUT2D eigenvalue weighted by Crippen LogP contribution is -2.23. The fourth-order valence-corrected chi connectivity index (χ4v) is 2.66. The van der Waals surface area contributed by atoms with Crippen LogP contribution >= 0.6 is 11.8 Å². The van der Waals surface area contributed by atoms with Crippen molar-refractivity contribution in [3.05, 3.63) is 42.1 Å². The van der Waals surface area contributed by atoms with E-state index >= 15 is 0 Å². The molecule has 1 aromatic carbocycles. The molecule has 0 atom stereocenters. The predicted molar refractivity (Wildman–Crippen MR) is 84.7 cm³/mol. The number of pyridine rings is 1. The number of fused-ring (bicyclic) bond motifs is 1. The van der Waals surface area contributed by atoms with E-state index in [9.17, 15) is 0 Å². The molecule has 0 unspecified atom stereocenters. The van der Waals surface area contributed by atoms with Crippen molar-refractivity contribution in [3.8, 4) is 0 Å². The van der Waals surface area contributed by atoms with Gasteiger partial charge in [-0.2, -0.15) is 0 Å². The molecule has 0 aliphatic heterocycles. The second-order valence-corrected chi connectivity index (χ2v) is 5.13. The van der Waals surface area contributed by atoms with Crippen LogP contribution in [0.1, 0.15) is 12.5 Å². The van der Waals surface area contributed by atoms with E-state index in [1.54, 1.807) is 11.8 Å². The molecule has 0 aliphatic carbocycles. The summed E-state index contributed by atoms with van der Waals surface area (Å²) < 4.78 is 0. The first-order chi connectivity index (χ1) is 9.24. The van der Waals surface area contributed by atoms with Crippen LogP contribution in [0.25, 0.3) is 10.9 Å². The van der Waals surface area contributed by atoms with Crippen molar-refractivity contribution >= 4 is 27.8 Å². The number of hydrogen-bond acceptors (Lipinski definition) is 3. The fraction of sp³-hybridized carbons (Fsp3) is 0.333. The number of benzene rings is 1. The summed E-state index contributed by atoms with van der Waals surface area (Å²) in [5.74, 6) is 0. The fourth-order valence-electron chi connectivity index (χ4n) is 2.02. The molecule has 19 heavy (non-hydrogen) atoms. The maximum Gasteiger partial charge on any atom is 0.158 e. The quantitative estimate of drug-likeness (QED) is 0.634. The molecule has 0 radical (unpaired) electrons. The first-order valence-corrected chi connectivity index (χ1v) is 7.60. The highest BCUT2D eigenvalue weighted by Crippen LogP contribution is 2.15. The van der Waals surface area contributed by atoms with Gasteiger partial charge in [-0.05, 0) is 30.9 Å². The molecule has 0 amide bonds. The molecular weight excluding hydrogens is 254 g/mol. The lowest BCUT2D eigenvalue weighted by atomic mass is 10.1. The van der Waals surface area contributed by atoms with E-state index in [0.717, 1.165) is 23.8 Å². The summed E-state index contributed by atoms with van der Waals surface area (Å²) in [6.45, 7) is 3.70. The minimum atomic E-state index is 0.816. The van der Waals surface area contributed by atoms with Crippen LogP contribution in [0.15, 0.2) is 41.5 Å². The number of aliphatic imine (C=N–C) groups is 1. The summed E-state index contributed by atoms with van der Waals surface area (Å²) in [5.41, 5.74) is 2.25. The van der Waals surface area contributed by atoms with Gasteiger partial charge in [-0.3, -0.25) is 9.98 Å². The number of hydrogen-bond donors (Lipinski definition) is 0. The van der Waals surface area contributed by atoms with Gasteiger partial charge in [-0.1, -0.05) is 30.0 Å². The Morgan fingerprint density at radius 3 is 2.89 bits per heavy atom. The third-order valence-electron chi connectivity index (χ3n) is 2.87. The molecule has 3 nitrogen and oxygen atoms in total. The van der Waals surface area contributed by atoms with Gasteiger partial charge in [0.05, 0.1) is 5.52 Å². The number of rotatable bonds is 3. The van der Waals surface area contributed by atoms with Crippen LogP contribution in [0.2, 0.25) is 0 Å². The van der Waals surface area contributed by atoms with Crippen LogP contribution in [0.5, 0.6) is 0 Å². The average Bonchev–Trinajstić information content (AvgIpc) is 2.44. The zero-order chi connectivity index (χ0) is 13.7. The van der Waals surface area contributed by atoms with Crippen molar-refractivity contribution in [2.45, 2.75) is 13.5 Å². The van der Waals surface area contributed by atoms with Gasteiger partial charge in [0.25, 0.3) is 0 Å². The summed E-state index contributed by atoms with van der Waals surface area (Å²) >= 11 is 1.68. The van der Waals surface area contributed by atoms with Crippen molar-refractivity contribution in [1.82, 2.24) is 9.88 Å². The second-order valence-electron chi connectivity index (χ2n) is 4.35. The Labute approximate surface area is 118 Å². The van der Waals surface area contributed by atoms with Crippen LogP contribution < -0.4 is 0 Å². The third-order valence-corrected chi connectivity index (χ3v) is 3.68. The van der Waals surface area contributed by atoms with Crippen molar-refractivity contribution in [2.75, 3.05) is 19.8 Å². The Morgan fingerprint density at radius 2 is 2.16 bits per heavy atom. The highest BCUT2D eigenvalue weighted by Gasteiger charge is 2.06. The van der Waals surface area contributed by atoms with E-state index in [0.29, 0.717) is 0 Å². The van der Waals surface area contributed by atoms with Crippen molar-refractivity contribution in [1.29, 1.82) is 0 Å². The average molecular weight is 273 g/mol. The summed E-state index contributed by atoms with van der Waals surface area (Å²) in [6.07, 6.45) is 4.01. The maximum atomic E-state index is 4.49.